The molecule has 2 aliphatic heterocycles. The zero-order chi connectivity index (χ0) is 16.4. The molecule has 2 aliphatic rings. The molecule has 0 aromatic heterocycles. The van der Waals surface area contributed by atoms with Gasteiger partial charge in [-0.15, -0.1) is 0 Å². The van der Waals surface area contributed by atoms with Crippen LogP contribution in [0, 0.1) is 13.8 Å². The van der Waals surface area contributed by atoms with Crippen molar-refractivity contribution >= 4 is 9.84 Å². The van der Waals surface area contributed by atoms with E-state index < -0.39 is 9.84 Å². The topological polar surface area (TPSA) is 49.4 Å². The van der Waals surface area contributed by atoms with E-state index in [0.29, 0.717) is 5.75 Å². The second-order valence-electron chi connectivity index (χ2n) is 7.16. The quantitative estimate of drug-likeness (QED) is 0.914. The van der Waals surface area contributed by atoms with E-state index >= 15 is 0 Å². The summed E-state index contributed by atoms with van der Waals surface area (Å²) >= 11 is 0. The van der Waals surface area contributed by atoms with Crippen LogP contribution in [0.4, 0.5) is 0 Å². The summed E-state index contributed by atoms with van der Waals surface area (Å²) in [6, 6.07) is 6.66. The lowest BCUT2D eigenvalue weighted by Gasteiger charge is -2.35. The van der Waals surface area contributed by atoms with Crippen LogP contribution < -0.4 is 5.32 Å². The van der Waals surface area contributed by atoms with Gasteiger partial charge in [0.25, 0.3) is 0 Å². The molecule has 0 unspecified atom stereocenters. The van der Waals surface area contributed by atoms with Gasteiger partial charge in [-0.05, 0) is 50.9 Å². The average molecular weight is 337 g/mol. The third kappa shape index (κ3) is 4.14. The van der Waals surface area contributed by atoms with Crippen LogP contribution in [0.1, 0.15) is 36.0 Å². The summed E-state index contributed by atoms with van der Waals surface area (Å²) in [6.07, 6.45) is 3.66. The van der Waals surface area contributed by atoms with E-state index in [0.717, 1.165) is 19.6 Å². The van der Waals surface area contributed by atoms with Crippen LogP contribution in [0.5, 0.6) is 0 Å². The van der Waals surface area contributed by atoms with Gasteiger partial charge in [0.1, 0.15) is 0 Å². The van der Waals surface area contributed by atoms with Crippen molar-refractivity contribution in [3.8, 4) is 0 Å². The fourth-order valence-electron chi connectivity index (χ4n) is 3.92. The van der Waals surface area contributed by atoms with Gasteiger partial charge in [0, 0.05) is 18.6 Å². The highest BCUT2D eigenvalue weighted by Gasteiger charge is 2.40. The molecule has 2 atom stereocenters. The first-order chi connectivity index (χ1) is 10.9. The molecule has 1 aromatic rings. The summed E-state index contributed by atoms with van der Waals surface area (Å²) in [6.45, 7) is 7.05. The van der Waals surface area contributed by atoms with Crippen LogP contribution in [-0.4, -0.2) is 50.0 Å². The summed E-state index contributed by atoms with van der Waals surface area (Å²) < 4.78 is 24.3. The predicted octanol–water partition coefficient (Wildman–Crippen LogP) is 2.04. The maximum Gasteiger partial charge on any atom is 0.153 e. The highest BCUT2D eigenvalue weighted by molar-refractivity contribution is 7.91. The minimum absolute atomic E-state index is 0.0544. The van der Waals surface area contributed by atoms with Crippen LogP contribution in [0.3, 0.4) is 0 Å². The van der Waals surface area contributed by atoms with Gasteiger partial charge >= 0.3 is 0 Å². The molecule has 3 rings (SSSR count). The number of aryl methyl sites for hydroxylation is 2. The number of nitrogens with zero attached hydrogens (tertiary/aromatic N) is 1. The fourth-order valence-corrected chi connectivity index (χ4v) is 5.91. The molecule has 0 aliphatic carbocycles. The fraction of sp³-hybridized carbons (Fsp3) is 0.667. The summed E-state index contributed by atoms with van der Waals surface area (Å²) in [5.41, 5.74) is 3.80. The molecule has 0 radical (unpaired) electrons. The SMILES string of the molecule is Cc1ccc(CN[C@@H]2CS(=O)(=O)C[C@@H]2N2CCCCC2)c(C)c1. The second kappa shape index (κ2) is 6.91. The van der Waals surface area contributed by atoms with E-state index in [2.05, 4.69) is 42.3 Å². The zero-order valence-corrected chi connectivity index (χ0v) is 15.0. The first-order valence-electron chi connectivity index (χ1n) is 8.68. The monoisotopic (exact) mass is 336 g/mol. The molecule has 4 nitrogen and oxygen atoms in total. The van der Waals surface area contributed by atoms with E-state index in [1.165, 1.54) is 36.0 Å². The Hall–Kier alpha value is -0.910. The van der Waals surface area contributed by atoms with E-state index in [1.54, 1.807) is 0 Å². The second-order valence-corrected chi connectivity index (χ2v) is 9.31. The summed E-state index contributed by atoms with van der Waals surface area (Å²) in [5, 5.41) is 3.54. The molecule has 1 aromatic carbocycles. The largest absolute Gasteiger partial charge is 0.307 e. The smallest absolute Gasteiger partial charge is 0.153 e. The van der Waals surface area contributed by atoms with Crippen molar-refractivity contribution in [2.75, 3.05) is 24.6 Å². The zero-order valence-electron chi connectivity index (χ0n) is 14.2. The normalized spacial score (nSPS) is 28.1. The maximum atomic E-state index is 12.2. The lowest BCUT2D eigenvalue weighted by atomic mass is 10.0. The molecular weight excluding hydrogens is 308 g/mol. The number of likely N-dealkylation sites (tertiary alicyclic amines) is 1. The molecule has 1 N–H and O–H groups in total. The van der Waals surface area contributed by atoms with E-state index in [4.69, 9.17) is 0 Å². The van der Waals surface area contributed by atoms with Crippen molar-refractivity contribution < 1.29 is 8.42 Å². The van der Waals surface area contributed by atoms with Gasteiger partial charge in [-0.25, -0.2) is 8.42 Å². The maximum absolute atomic E-state index is 12.2. The van der Waals surface area contributed by atoms with Gasteiger partial charge in [0.15, 0.2) is 9.84 Å². The van der Waals surface area contributed by atoms with Gasteiger partial charge in [0.05, 0.1) is 11.5 Å². The Morgan fingerprint density at radius 2 is 1.87 bits per heavy atom. The van der Waals surface area contributed by atoms with Gasteiger partial charge in [0.2, 0.25) is 0 Å². The number of rotatable bonds is 4. The number of benzene rings is 1. The molecule has 5 heteroatoms. The van der Waals surface area contributed by atoms with Gasteiger partial charge < -0.3 is 5.32 Å². The third-order valence-corrected chi connectivity index (χ3v) is 6.95. The van der Waals surface area contributed by atoms with Crippen molar-refractivity contribution in [1.82, 2.24) is 10.2 Å². The number of hydrogen-bond donors (Lipinski definition) is 1. The van der Waals surface area contributed by atoms with E-state index in [9.17, 15) is 8.42 Å². The molecule has 0 spiro atoms. The third-order valence-electron chi connectivity index (χ3n) is 5.24. The Kier molecular flexibility index (Phi) is 5.09. The van der Waals surface area contributed by atoms with Gasteiger partial charge in [-0.3, -0.25) is 4.90 Å². The van der Waals surface area contributed by atoms with E-state index in [1.807, 2.05) is 0 Å². The lowest BCUT2D eigenvalue weighted by Crippen LogP contribution is -2.50. The predicted molar refractivity (Wildman–Crippen MR) is 94.4 cm³/mol. The Balaban J connectivity index is 1.68. The molecule has 2 heterocycles. The highest BCUT2D eigenvalue weighted by atomic mass is 32.2. The van der Waals surface area contributed by atoms with Crippen molar-refractivity contribution in [2.45, 2.75) is 51.7 Å². The van der Waals surface area contributed by atoms with Crippen LogP contribution in [0.25, 0.3) is 0 Å². The Morgan fingerprint density at radius 3 is 2.57 bits per heavy atom. The molecule has 2 fully saturated rings. The highest BCUT2D eigenvalue weighted by Crippen LogP contribution is 2.23. The number of piperidine rings is 1. The Labute approximate surface area is 140 Å². The number of hydrogen-bond acceptors (Lipinski definition) is 4. The lowest BCUT2D eigenvalue weighted by molar-refractivity contribution is 0.155. The Bertz CT molecular complexity index is 651. The van der Waals surface area contributed by atoms with E-state index in [-0.39, 0.29) is 17.8 Å². The summed E-state index contributed by atoms with van der Waals surface area (Å²) in [4.78, 5) is 2.40. The van der Waals surface area contributed by atoms with Crippen molar-refractivity contribution in [3.63, 3.8) is 0 Å². The van der Waals surface area contributed by atoms with Crippen LogP contribution in [0.2, 0.25) is 0 Å². The molecule has 0 amide bonds. The first kappa shape index (κ1) is 16.9. The standard InChI is InChI=1S/C18H28N2O2S/c1-14-6-7-16(15(2)10-14)11-19-17-12-23(21,22)13-18(17)20-8-4-3-5-9-20/h6-7,10,17-19H,3-5,8-9,11-13H2,1-2H3/t17-,18+/m1/s1. The molecule has 0 saturated carbocycles. The minimum atomic E-state index is -2.92. The Morgan fingerprint density at radius 1 is 1.13 bits per heavy atom. The first-order valence-corrected chi connectivity index (χ1v) is 10.5. The summed E-state index contributed by atoms with van der Waals surface area (Å²) in [7, 11) is -2.92. The van der Waals surface area contributed by atoms with Crippen LogP contribution >= 0.6 is 0 Å². The van der Waals surface area contributed by atoms with Crippen LogP contribution in [-0.2, 0) is 16.4 Å². The molecule has 128 valence electrons. The average Bonchev–Trinajstić information content (AvgIpc) is 2.82. The van der Waals surface area contributed by atoms with Gasteiger partial charge in [-0.2, -0.15) is 0 Å². The molecule has 23 heavy (non-hydrogen) atoms. The number of nitrogens with one attached hydrogen (secondary N) is 1. The summed E-state index contributed by atoms with van der Waals surface area (Å²) in [5.74, 6) is 0.594. The molecule has 2 saturated heterocycles. The molecular formula is C18H28N2O2S. The molecule has 0 bridgehead atoms. The van der Waals surface area contributed by atoms with Crippen molar-refractivity contribution in [1.29, 1.82) is 0 Å². The van der Waals surface area contributed by atoms with Gasteiger partial charge in [-0.1, -0.05) is 30.2 Å². The number of sulfone groups is 1. The minimum Gasteiger partial charge on any atom is -0.307 e. The van der Waals surface area contributed by atoms with Crippen molar-refractivity contribution in [3.05, 3.63) is 34.9 Å². The van der Waals surface area contributed by atoms with Crippen LogP contribution in [0.15, 0.2) is 18.2 Å². The van der Waals surface area contributed by atoms with Crippen molar-refractivity contribution in [2.24, 2.45) is 0 Å².